The van der Waals surface area contributed by atoms with Crippen molar-refractivity contribution in [1.82, 2.24) is 5.32 Å². The van der Waals surface area contributed by atoms with Crippen LogP contribution in [-0.4, -0.2) is 25.7 Å². The van der Waals surface area contributed by atoms with Crippen LogP contribution in [0.1, 0.15) is 32.8 Å². The molecule has 0 bridgehead atoms. The summed E-state index contributed by atoms with van der Waals surface area (Å²) in [6.07, 6.45) is 1.06. The number of rotatable bonds is 1. The van der Waals surface area contributed by atoms with Crippen molar-refractivity contribution < 1.29 is 4.39 Å². The summed E-state index contributed by atoms with van der Waals surface area (Å²) in [5.74, 6) is -0.111. The van der Waals surface area contributed by atoms with Gasteiger partial charge in [0.25, 0.3) is 0 Å². The first-order valence-corrected chi connectivity index (χ1v) is 7.12. The van der Waals surface area contributed by atoms with Crippen molar-refractivity contribution in [3.8, 4) is 0 Å². The van der Waals surface area contributed by atoms with E-state index in [-0.39, 0.29) is 11.2 Å². The fourth-order valence-electron chi connectivity index (χ4n) is 2.59. The third-order valence-electron chi connectivity index (χ3n) is 3.89. The van der Waals surface area contributed by atoms with Gasteiger partial charge >= 0.3 is 0 Å². The summed E-state index contributed by atoms with van der Waals surface area (Å²) in [5.41, 5.74) is 2.04. The second kappa shape index (κ2) is 5.49. The molecule has 1 fully saturated rings. The maximum Gasteiger partial charge on any atom is 0.146 e. The molecule has 0 amide bonds. The minimum atomic E-state index is -0.111. The topological polar surface area (TPSA) is 15.3 Å². The number of nitrogens with one attached hydrogen (secondary N) is 1. The molecule has 1 aromatic rings. The molecule has 1 aromatic carbocycles. The standard InChI is InChI=1S/C16H25FN2/c1-12-6-7-13(17)14(10-12)19-9-5-8-18-15(11-19)16(2,3)4/h6-7,10,15,18H,5,8-9,11H2,1-4H3. The SMILES string of the molecule is Cc1ccc(F)c(N2CCCNC(C(C)(C)C)C2)c1. The van der Waals surface area contributed by atoms with E-state index in [1.807, 2.05) is 19.1 Å². The molecule has 0 aliphatic carbocycles. The lowest BCUT2D eigenvalue weighted by Gasteiger charge is -2.34. The van der Waals surface area contributed by atoms with Crippen molar-refractivity contribution >= 4 is 5.69 Å². The maximum absolute atomic E-state index is 14.0. The van der Waals surface area contributed by atoms with Gasteiger partial charge in [-0.15, -0.1) is 0 Å². The first-order chi connectivity index (χ1) is 8.88. The van der Waals surface area contributed by atoms with Gasteiger partial charge in [0.2, 0.25) is 0 Å². The summed E-state index contributed by atoms with van der Waals surface area (Å²) in [6, 6.07) is 5.75. The van der Waals surface area contributed by atoms with Crippen LogP contribution in [0.3, 0.4) is 0 Å². The quantitative estimate of drug-likeness (QED) is 0.837. The molecular formula is C16H25FN2. The summed E-state index contributed by atoms with van der Waals surface area (Å²) >= 11 is 0. The molecule has 0 aromatic heterocycles. The molecule has 0 saturated carbocycles. The van der Waals surface area contributed by atoms with E-state index in [4.69, 9.17) is 0 Å². The molecule has 1 atom stereocenters. The fraction of sp³-hybridized carbons (Fsp3) is 0.625. The van der Waals surface area contributed by atoms with E-state index in [0.29, 0.717) is 6.04 Å². The van der Waals surface area contributed by atoms with Crippen LogP contribution in [0.4, 0.5) is 10.1 Å². The summed E-state index contributed by atoms with van der Waals surface area (Å²) < 4.78 is 14.0. The summed E-state index contributed by atoms with van der Waals surface area (Å²) in [7, 11) is 0. The molecule has 3 heteroatoms. The minimum absolute atomic E-state index is 0.111. The average Bonchev–Trinajstić information content (AvgIpc) is 2.57. The van der Waals surface area contributed by atoms with Gasteiger partial charge in [0.15, 0.2) is 0 Å². The van der Waals surface area contributed by atoms with Gasteiger partial charge in [-0.05, 0) is 43.0 Å². The number of aryl methyl sites for hydroxylation is 1. The summed E-state index contributed by atoms with van der Waals surface area (Å²) in [4.78, 5) is 2.19. The Bertz CT molecular complexity index is 437. The second-order valence-corrected chi connectivity index (χ2v) is 6.63. The predicted molar refractivity (Wildman–Crippen MR) is 79.2 cm³/mol. The van der Waals surface area contributed by atoms with Crippen LogP contribution in [0.2, 0.25) is 0 Å². The largest absolute Gasteiger partial charge is 0.368 e. The Morgan fingerprint density at radius 2 is 2.05 bits per heavy atom. The molecule has 2 nitrogen and oxygen atoms in total. The van der Waals surface area contributed by atoms with Crippen molar-refractivity contribution in [1.29, 1.82) is 0 Å². The molecule has 2 rings (SSSR count). The highest BCUT2D eigenvalue weighted by Gasteiger charge is 2.28. The first kappa shape index (κ1) is 14.3. The van der Waals surface area contributed by atoms with Crippen molar-refractivity contribution in [2.24, 2.45) is 5.41 Å². The molecule has 0 spiro atoms. The van der Waals surface area contributed by atoms with Gasteiger partial charge in [-0.2, -0.15) is 0 Å². The molecule has 106 valence electrons. The van der Waals surface area contributed by atoms with Crippen LogP contribution in [0.5, 0.6) is 0 Å². The summed E-state index contributed by atoms with van der Waals surface area (Å²) in [5, 5.41) is 3.59. The van der Waals surface area contributed by atoms with Gasteiger partial charge in [-0.3, -0.25) is 0 Å². The van der Waals surface area contributed by atoms with E-state index < -0.39 is 0 Å². The molecule has 1 heterocycles. The highest BCUT2D eigenvalue weighted by Crippen LogP contribution is 2.26. The Balaban J connectivity index is 2.25. The van der Waals surface area contributed by atoms with Crippen LogP contribution in [0.15, 0.2) is 18.2 Å². The average molecular weight is 264 g/mol. The third kappa shape index (κ3) is 3.47. The zero-order valence-electron chi connectivity index (χ0n) is 12.5. The number of benzene rings is 1. The van der Waals surface area contributed by atoms with Gasteiger partial charge in [-0.1, -0.05) is 26.8 Å². The van der Waals surface area contributed by atoms with E-state index in [9.17, 15) is 4.39 Å². The minimum Gasteiger partial charge on any atom is -0.368 e. The van der Waals surface area contributed by atoms with E-state index >= 15 is 0 Å². The molecule has 1 unspecified atom stereocenters. The van der Waals surface area contributed by atoms with Crippen LogP contribution in [0, 0.1) is 18.2 Å². The van der Waals surface area contributed by atoms with Gasteiger partial charge in [0.1, 0.15) is 5.82 Å². The first-order valence-electron chi connectivity index (χ1n) is 7.12. The Kier molecular flexibility index (Phi) is 4.14. The number of hydrogen-bond donors (Lipinski definition) is 1. The molecule has 1 N–H and O–H groups in total. The predicted octanol–water partition coefficient (Wildman–Crippen LogP) is 3.35. The number of anilines is 1. The van der Waals surface area contributed by atoms with Gasteiger partial charge < -0.3 is 10.2 Å². The molecular weight excluding hydrogens is 239 g/mol. The Morgan fingerprint density at radius 1 is 1.32 bits per heavy atom. The Hall–Kier alpha value is -1.09. The van der Waals surface area contributed by atoms with Crippen molar-refractivity contribution in [2.75, 3.05) is 24.5 Å². The molecule has 1 saturated heterocycles. The van der Waals surface area contributed by atoms with Gasteiger partial charge in [-0.25, -0.2) is 4.39 Å². The van der Waals surface area contributed by atoms with Crippen LogP contribution < -0.4 is 10.2 Å². The number of halogens is 1. The van der Waals surface area contributed by atoms with Crippen LogP contribution >= 0.6 is 0 Å². The van der Waals surface area contributed by atoms with Crippen LogP contribution in [-0.2, 0) is 0 Å². The lowest BCUT2D eigenvalue weighted by molar-refractivity contribution is 0.280. The third-order valence-corrected chi connectivity index (χ3v) is 3.89. The Labute approximate surface area is 116 Å². The smallest absolute Gasteiger partial charge is 0.146 e. The van der Waals surface area contributed by atoms with E-state index in [1.54, 1.807) is 6.07 Å². The van der Waals surface area contributed by atoms with Crippen molar-refractivity contribution in [2.45, 2.75) is 40.2 Å². The normalized spacial score (nSPS) is 21.3. The zero-order chi connectivity index (χ0) is 14.0. The lowest BCUT2D eigenvalue weighted by atomic mass is 9.86. The Morgan fingerprint density at radius 3 is 2.74 bits per heavy atom. The number of hydrogen-bond acceptors (Lipinski definition) is 2. The molecule has 19 heavy (non-hydrogen) atoms. The van der Waals surface area contributed by atoms with Gasteiger partial charge in [0, 0.05) is 19.1 Å². The van der Waals surface area contributed by atoms with Crippen molar-refractivity contribution in [3.05, 3.63) is 29.6 Å². The van der Waals surface area contributed by atoms with E-state index in [0.717, 1.165) is 37.3 Å². The highest BCUT2D eigenvalue weighted by molar-refractivity contribution is 5.50. The van der Waals surface area contributed by atoms with E-state index in [1.165, 1.54) is 0 Å². The monoisotopic (exact) mass is 264 g/mol. The van der Waals surface area contributed by atoms with E-state index in [2.05, 4.69) is 31.0 Å². The second-order valence-electron chi connectivity index (χ2n) is 6.63. The van der Waals surface area contributed by atoms with Crippen LogP contribution in [0.25, 0.3) is 0 Å². The lowest BCUT2D eigenvalue weighted by Crippen LogP contribution is -2.46. The molecule has 1 aliphatic rings. The van der Waals surface area contributed by atoms with Gasteiger partial charge in [0.05, 0.1) is 5.69 Å². The van der Waals surface area contributed by atoms with Crippen molar-refractivity contribution in [3.63, 3.8) is 0 Å². The fourth-order valence-corrected chi connectivity index (χ4v) is 2.59. The molecule has 1 aliphatic heterocycles. The maximum atomic E-state index is 14.0. The molecule has 0 radical (unpaired) electrons. The highest BCUT2D eigenvalue weighted by atomic mass is 19.1. The number of nitrogens with zero attached hydrogens (tertiary/aromatic N) is 1. The summed E-state index contributed by atoms with van der Waals surface area (Å²) in [6.45, 7) is 11.5. The zero-order valence-corrected chi connectivity index (χ0v) is 12.5.